The van der Waals surface area contributed by atoms with Crippen LogP contribution in [0.3, 0.4) is 0 Å². The molecule has 0 aliphatic heterocycles. The van der Waals surface area contributed by atoms with E-state index in [1.54, 1.807) is 18.2 Å². The lowest BCUT2D eigenvalue weighted by Gasteiger charge is -2.27. The number of benzene rings is 1. The first-order valence-electron chi connectivity index (χ1n) is 6.16. The number of carboxylic acid groups (broad SMARTS) is 1. The molecule has 2 N–H and O–H groups in total. The molecular weight excluding hydrogens is 264 g/mol. The molecule has 5 heteroatoms. The van der Waals surface area contributed by atoms with Crippen LogP contribution in [-0.4, -0.2) is 17.6 Å². The summed E-state index contributed by atoms with van der Waals surface area (Å²) in [5.74, 6) is -0.822. The molecule has 4 nitrogen and oxygen atoms in total. The van der Waals surface area contributed by atoms with Gasteiger partial charge in [-0.25, -0.2) is 0 Å². The number of carboxylic acids is 1. The number of halogens is 1. The highest BCUT2D eigenvalue weighted by atomic mass is 35.5. The predicted molar refractivity (Wildman–Crippen MR) is 75.3 cm³/mol. The Morgan fingerprint density at radius 1 is 1.47 bits per heavy atom. The largest absolute Gasteiger partial charge is 0.481 e. The van der Waals surface area contributed by atoms with Crippen molar-refractivity contribution >= 4 is 23.3 Å². The Balaban J connectivity index is 2.92. The van der Waals surface area contributed by atoms with Gasteiger partial charge in [-0.3, -0.25) is 4.79 Å². The summed E-state index contributed by atoms with van der Waals surface area (Å²) in [6, 6.07) is 6.97. The smallest absolute Gasteiger partial charge is 0.311 e. The van der Waals surface area contributed by atoms with Crippen LogP contribution in [0.4, 0.5) is 5.69 Å². The number of carbonyl (C=O) groups is 1. The maximum Gasteiger partial charge on any atom is 0.311 e. The summed E-state index contributed by atoms with van der Waals surface area (Å²) in [5, 5.41) is 21.9. The minimum Gasteiger partial charge on any atom is -0.481 e. The minimum absolute atomic E-state index is 0.283. The molecule has 0 heterocycles. The highest BCUT2D eigenvalue weighted by Gasteiger charge is 2.34. The predicted octanol–water partition coefficient (Wildman–Crippen LogP) is 3.51. The van der Waals surface area contributed by atoms with Gasteiger partial charge < -0.3 is 10.4 Å². The first-order chi connectivity index (χ1) is 8.99. The molecule has 0 bridgehead atoms. The maximum absolute atomic E-state index is 11.4. The lowest BCUT2D eigenvalue weighted by molar-refractivity contribution is -0.148. The zero-order valence-corrected chi connectivity index (χ0v) is 11.8. The van der Waals surface area contributed by atoms with Crippen molar-refractivity contribution in [3.63, 3.8) is 0 Å². The van der Waals surface area contributed by atoms with Crippen molar-refractivity contribution in [2.75, 3.05) is 11.9 Å². The average molecular weight is 281 g/mol. The van der Waals surface area contributed by atoms with Gasteiger partial charge in [0.15, 0.2) is 0 Å². The lowest BCUT2D eigenvalue weighted by Crippen LogP contribution is -2.37. The van der Waals surface area contributed by atoms with Crippen molar-refractivity contribution in [3.8, 4) is 6.07 Å². The second-order valence-corrected chi connectivity index (χ2v) is 4.88. The highest BCUT2D eigenvalue weighted by molar-refractivity contribution is 6.30. The van der Waals surface area contributed by atoms with Crippen molar-refractivity contribution in [2.45, 2.75) is 26.7 Å². The van der Waals surface area contributed by atoms with Crippen LogP contribution in [0.1, 0.15) is 32.3 Å². The number of rotatable bonds is 6. The molecule has 19 heavy (non-hydrogen) atoms. The zero-order chi connectivity index (χ0) is 14.5. The molecule has 0 atom stereocenters. The van der Waals surface area contributed by atoms with Crippen molar-refractivity contribution in [1.29, 1.82) is 5.26 Å². The summed E-state index contributed by atoms with van der Waals surface area (Å²) < 4.78 is 0. The first kappa shape index (κ1) is 15.3. The van der Waals surface area contributed by atoms with Crippen LogP contribution in [0.2, 0.25) is 5.02 Å². The Morgan fingerprint density at radius 3 is 2.58 bits per heavy atom. The summed E-state index contributed by atoms with van der Waals surface area (Å²) in [6.45, 7) is 3.99. The fraction of sp³-hybridized carbons (Fsp3) is 0.429. The Morgan fingerprint density at radius 2 is 2.11 bits per heavy atom. The van der Waals surface area contributed by atoms with E-state index in [9.17, 15) is 9.90 Å². The van der Waals surface area contributed by atoms with Gasteiger partial charge in [-0.05, 0) is 31.0 Å². The summed E-state index contributed by atoms with van der Waals surface area (Å²) in [4.78, 5) is 11.4. The Hall–Kier alpha value is -1.73. The van der Waals surface area contributed by atoms with Gasteiger partial charge in [0.2, 0.25) is 0 Å². The van der Waals surface area contributed by atoms with Crippen molar-refractivity contribution < 1.29 is 9.90 Å². The number of nitriles is 1. The number of nitrogens with one attached hydrogen (secondary N) is 1. The van der Waals surface area contributed by atoms with Gasteiger partial charge in [-0.15, -0.1) is 0 Å². The van der Waals surface area contributed by atoms with E-state index in [1.807, 2.05) is 19.9 Å². The van der Waals surface area contributed by atoms with E-state index < -0.39 is 11.4 Å². The molecule has 0 fully saturated rings. The second kappa shape index (κ2) is 6.44. The molecule has 0 aromatic heterocycles. The van der Waals surface area contributed by atoms with E-state index in [1.165, 1.54) is 0 Å². The molecule has 1 aromatic carbocycles. The molecule has 0 amide bonds. The number of anilines is 1. The second-order valence-electron chi connectivity index (χ2n) is 4.45. The summed E-state index contributed by atoms with van der Waals surface area (Å²) in [7, 11) is 0. The summed E-state index contributed by atoms with van der Waals surface area (Å²) in [5.41, 5.74) is 0.213. The molecule has 102 valence electrons. The number of hydrogen-bond donors (Lipinski definition) is 2. The van der Waals surface area contributed by atoms with E-state index in [0.29, 0.717) is 29.1 Å². The third-order valence-corrected chi connectivity index (χ3v) is 3.76. The molecule has 0 saturated carbocycles. The van der Waals surface area contributed by atoms with Gasteiger partial charge in [-0.1, -0.05) is 25.4 Å². The Kier molecular flexibility index (Phi) is 5.20. The SMILES string of the molecule is CCC(CC)(CNc1ccc(Cl)cc1C#N)C(=O)O. The fourth-order valence-electron chi connectivity index (χ4n) is 1.91. The zero-order valence-electron chi connectivity index (χ0n) is 11.0. The highest BCUT2D eigenvalue weighted by Crippen LogP contribution is 2.28. The molecule has 0 spiro atoms. The molecule has 0 aliphatic rings. The quantitative estimate of drug-likeness (QED) is 0.836. The van der Waals surface area contributed by atoms with Crippen LogP contribution < -0.4 is 5.32 Å². The third kappa shape index (κ3) is 3.39. The fourth-order valence-corrected chi connectivity index (χ4v) is 2.08. The number of nitrogens with zero attached hydrogens (tertiary/aromatic N) is 1. The van der Waals surface area contributed by atoms with Gasteiger partial charge in [0.25, 0.3) is 0 Å². The molecule has 1 rings (SSSR count). The molecule has 1 aromatic rings. The van der Waals surface area contributed by atoms with Gasteiger partial charge in [0.05, 0.1) is 16.7 Å². The van der Waals surface area contributed by atoms with Crippen molar-refractivity contribution in [2.24, 2.45) is 5.41 Å². The lowest BCUT2D eigenvalue weighted by atomic mass is 9.82. The third-order valence-electron chi connectivity index (χ3n) is 3.53. The molecular formula is C14H17ClN2O2. The molecule has 0 aliphatic carbocycles. The molecule has 0 radical (unpaired) electrons. The van der Waals surface area contributed by atoms with Crippen molar-refractivity contribution in [1.82, 2.24) is 0 Å². The van der Waals surface area contributed by atoms with E-state index >= 15 is 0 Å². The number of hydrogen-bond acceptors (Lipinski definition) is 3. The van der Waals surface area contributed by atoms with Gasteiger partial charge in [-0.2, -0.15) is 5.26 Å². The van der Waals surface area contributed by atoms with E-state index in [4.69, 9.17) is 16.9 Å². The van der Waals surface area contributed by atoms with E-state index in [2.05, 4.69) is 5.32 Å². The summed E-state index contributed by atoms with van der Waals surface area (Å²) >= 11 is 5.82. The standard InChI is InChI=1S/C14H17ClN2O2/c1-3-14(4-2,13(18)19)9-17-12-6-5-11(15)7-10(12)8-16/h5-7,17H,3-4,9H2,1-2H3,(H,18,19). The maximum atomic E-state index is 11.4. The molecule has 0 saturated heterocycles. The van der Waals surface area contributed by atoms with Crippen LogP contribution in [0.15, 0.2) is 18.2 Å². The van der Waals surface area contributed by atoms with Crippen molar-refractivity contribution in [3.05, 3.63) is 28.8 Å². The van der Waals surface area contributed by atoms with E-state index in [0.717, 1.165) is 0 Å². The topological polar surface area (TPSA) is 73.1 Å². The monoisotopic (exact) mass is 280 g/mol. The van der Waals surface area contributed by atoms with Crippen LogP contribution >= 0.6 is 11.6 Å². The van der Waals surface area contributed by atoms with Crippen LogP contribution in [0, 0.1) is 16.7 Å². The molecule has 0 unspecified atom stereocenters. The van der Waals surface area contributed by atoms with Crippen LogP contribution in [0.25, 0.3) is 0 Å². The van der Waals surface area contributed by atoms with Gasteiger partial charge >= 0.3 is 5.97 Å². The number of aliphatic carboxylic acids is 1. The van der Waals surface area contributed by atoms with E-state index in [-0.39, 0.29) is 6.54 Å². The average Bonchev–Trinajstić information content (AvgIpc) is 2.41. The first-order valence-corrected chi connectivity index (χ1v) is 6.53. The van der Waals surface area contributed by atoms with Crippen LogP contribution in [0.5, 0.6) is 0 Å². The Labute approximate surface area is 118 Å². The van der Waals surface area contributed by atoms with Gasteiger partial charge in [0, 0.05) is 11.6 Å². The minimum atomic E-state index is -0.822. The van der Waals surface area contributed by atoms with Crippen LogP contribution in [-0.2, 0) is 4.79 Å². The summed E-state index contributed by atoms with van der Waals surface area (Å²) in [6.07, 6.45) is 1.06. The Bertz CT molecular complexity index is 505. The normalized spacial score (nSPS) is 10.8. The van der Waals surface area contributed by atoms with Gasteiger partial charge in [0.1, 0.15) is 6.07 Å².